The van der Waals surface area contributed by atoms with Crippen LogP contribution in [0, 0.1) is 0 Å². The van der Waals surface area contributed by atoms with Gasteiger partial charge in [-0.05, 0) is 43.1 Å². The standard InChI is InChI=1S/C15H23ClN2O/c1-3-17-10-12-9-13(16)6-7-15(12)18-8-4-5-14(11-18)19-2/h6-7,9,14,17H,3-5,8,10-11H2,1-2H3. The smallest absolute Gasteiger partial charge is 0.0746 e. The number of halogens is 1. The Morgan fingerprint density at radius 3 is 3.05 bits per heavy atom. The van der Waals surface area contributed by atoms with E-state index in [1.165, 1.54) is 17.7 Å². The van der Waals surface area contributed by atoms with Gasteiger partial charge in [0.25, 0.3) is 0 Å². The van der Waals surface area contributed by atoms with Crippen molar-refractivity contribution in [3.63, 3.8) is 0 Å². The number of piperidine rings is 1. The van der Waals surface area contributed by atoms with Crippen LogP contribution in [0.15, 0.2) is 18.2 Å². The van der Waals surface area contributed by atoms with Crippen LogP contribution in [0.25, 0.3) is 0 Å². The fourth-order valence-corrected chi connectivity index (χ4v) is 2.81. The zero-order valence-corrected chi connectivity index (χ0v) is 12.5. The lowest BCUT2D eigenvalue weighted by Crippen LogP contribution is -2.39. The highest BCUT2D eigenvalue weighted by Gasteiger charge is 2.21. The first-order valence-electron chi connectivity index (χ1n) is 7.01. The van der Waals surface area contributed by atoms with Crippen LogP contribution in [-0.2, 0) is 11.3 Å². The summed E-state index contributed by atoms with van der Waals surface area (Å²) in [6, 6.07) is 6.17. The van der Waals surface area contributed by atoms with Gasteiger partial charge >= 0.3 is 0 Å². The molecule has 1 aromatic rings. The van der Waals surface area contributed by atoms with Gasteiger partial charge in [-0.3, -0.25) is 0 Å². The van der Waals surface area contributed by atoms with Crippen LogP contribution in [0.5, 0.6) is 0 Å². The Kier molecular flexibility index (Phi) is 5.49. The maximum Gasteiger partial charge on any atom is 0.0746 e. The van der Waals surface area contributed by atoms with Gasteiger partial charge in [0, 0.05) is 37.5 Å². The van der Waals surface area contributed by atoms with Crippen LogP contribution in [0.4, 0.5) is 5.69 Å². The monoisotopic (exact) mass is 282 g/mol. The van der Waals surface area contributed by atoms with Gasteiger partial charge in [-0.1, -0.05) is 18.5 Å². The maximum absolute atomic E-state index is 6.12. The molecule has 1 unspecified atom stereocenters. The molecule has 1 N–H and O–H groups in total. The van der Waals surface area contributed by atoms with E-state index in [4.69, 9.17) is 16.3 Å². The molecule has 106 valence electrons. The average molecular weight is 283 g/mol. The summed E-state index contributed by atoms with van der Waals surface area (Å²) >= 11 is 6.12. The predicted molar refractivity (Wildman–Crippen MR) is 81.1 cm³/mol. The molecule has 0 bridgehead atoms. The normalized spacial score (nSPS) is 19.7. The third-order valence-corrected chi connectivity index (χ3v) is 3.89. The van der Waals surface area contributed by atoms with Gasteiger partial charge in [0.2, 0.25) is 0 Å². The van der Waals surface area contributed by atoms with Gasteiger partial charge in [0.1, 0.15) is 0 Å². The molecule has 1 fully saturated rings. The molecule has 1 atom stereocenters. The molecule has 0 radical (unpaired) electrons. The molecule has 1 heterocycles. The Hall–Kier alpha value is -0.770. The van der Waals surface area contributed by atoms with Crippen LogP contribution < -0.4 is 10.2 Å². The van der Waals surface area contributed by atoms with Crippen molar-refractivity contribution in [2.24, 2.45) is 0 Å². The lowest BCUT2D eigenvalue weighted by molar-refractivity contribution is 0.0893. The summed E-state index contributed by atoms with van der Waals surface area (Å²) < 4.78 is 5.50. The zero-order chi connectivity index (χ0) is 13.7. The summed E-state index contributed by atoms with van der Waals surface area (Å²) in [5.74, 6) is 0. The molecule has 1 aliphatic rings. The summed E-state index contributed by atoms with van der Waals surface area (Å²) in [5, 5.41) is 4.18. The van der Waals surface area contributed by atoms with Crippen molar-refractivity contribution < 1.29 is 4.74 Å². The minimum absolute atomic E-state index is 0.344. The first-order chi connectivity index (χ1) is 9.24. The van der Waals surface area contributed by atoms with Crippen molar-refractivity contribution in [1.82, 2.24) is 5.32 Å². The summed E-state index contributed by atoms with van der Waals surface area (Å²) in [4.78, 5) is 2.42. The molecule has 0 aliphatic carbocycles. The highest BCUT2D eigenvalue weighted by molar-refractivity contribution is 6.30. The second-order valence-electron chi connectivity index (χ2n) is 5.00. The van der Waals surface area contributed by atoms with E-state index < -0.39 is 0 Å². The number of nitrogens with zero attached hydrogens (tertiary/aromatic N) is 1. The molecule has 19 heavy (non-hydrogen) atoms. The van der Waals surface area contributed by atoms with E-state index in [9.17, 15) is 0 Å². The van der Waals surface area contributed by atoms with Gasteiger partial charge in [0.15, 0.2) is 0 Å². The molecule has 0 spiro atoms. The Bertz CT molecular complexity index is 411. The minimum Gasteiger partial charge on any atom is -0.380 e. The lowest BCUT2D eigenvalue weighted by atomic mass is 10.0. The fourth-order valence-electron chi connectivity index (χ4n) is 2.61. The molecule has 1 aliphatic heterocycles. The van der Waals surface area contributed by atoms with E-state index >= 15 is 0 Å². The Balaban J connectivity index is 2.17. The van der Waals surface area contributed by atoms with E-state index in [0.29, 0.717) is 6.10 Å². The van der Waals surface area contributed by atoms with Gasteiger partial charge in [-0.15, -0.1) is 0 Å². The summed E-state index contributed by atoms with van der Waals surface area (Å²) in [6.07, 6.45) is 2.68. The van der Waals surface area contributed by atoms with Crippen LogP contribution in [0.2, 0.25) is 5.02 Å². The van der Waals surface area contributed by atoms with Crippen molar-refractivity contribution in [3.05, 3.63) is 28.8 Å². The summed E-state index contributed by atoms with van der Waals surface area (Å²) in [6.45, 7) is 6.01. The number of ether oxygens (including phenoxy) is 1. The number of anilines is 1. The van der Waals surface area contributed by atoms with Crippen molar-refractivity contribution >= 4 is 17.3 Å². The second kappa shape index (κ2) is 7.13. The van der Waals surface area contributed by atoms with E-state index in [0.717, 1.165) is 37.6 Å². The topological polar surface area (TPSA) is 24.5 Å². The lowest BCUT2D eigenvalue weighted by Gasteiger charge is -2.35. The fraction of sp³-hybridized carbons (Fsp3) is 0.600. The summed E-state index contributed by atoms with van der Waals surface area (Å²) in [5.41, 5.74) is 2.55. The molecule has 0 aromatic heterocycles. The number of methoxy groups -OCH3 is 1. The SMILES string of the molecule is CCNCc1cc(Cl)ccc1N1CCCC(OC)C1. The second-order valence-corrected chi connectivity index (χ2v) is 5.44. The summed E-state index contributed by atoms with van der Waals surface area (Å²) in [7, 11) is 1.80. The molecule has 0 saturated carbocycles. The first kappa shape index (κ1) is 14.6. The molecular weight excluding hydrogens is 260 g/mol. The van der Waals surface area contributed by atoms with Crippen molar-refractivity contribution in [3.8, 4) is 0 Å². The van der Waals surface area contributed by atoms with Crippen LogP contribution in [-0.4, -0.2) is 32.8 Å². The van der Waals surface area contributed by atoms with Crippen molar-refractivity contribution in [1.29, 1.82) is 0 Å². The third-order valence-electron chi connectivity index (χ3n) is 3.66. The van der Waals surface area contributed by atoms with Crippen molar-refractivity contribution in [2.45, 2.75) is 32.4 Å². The Morgan fingerprint density at radius 2 is 2.32 bits per heavy atom. The predicted octanol–water partition coefficient (Wildman–Crippen LogP) is 3.06. The van der Waals surface area contributed by atoms with Gasteiger partial charge < -0.3 is 15.0 Å². The highest BCUT2D eigenvalue weighted by atomic mass is 35.5. The molecule has 4 heteroatoms. The average Bonchev–Trinajstić information content (AvgIpc) is 2.45. The van der Waals surface area contributed by atoms with Crippen LogP contribution >= 0.6 is 11.6 Å². The van der Waals surface area contributed by atoms with E-state index in [1.807, 2.05) is 6.07 Å². The molecule has 1 aromatic carbocycles. The van der Waals surface area contributed by atoms with Crippen LogP contribution in [0.3, 0.4) is 0 Å². The van der Waals surface area contributed by atoms with E-state index in [-0.39, 0.29) is 0 Å². The number of nitrogens with one attached hydrogen (secondary N) is 1. The quantitative estimate of drug-likeness (QED) is 0.898. The van der Waals surface area contributed by atoms with Gasteiger partial charge in [-0.25, -0.2) is 0 Å². The van der Waals surface area contributed by atoms with Gasteiger partial charge in [0.05, 0.1) is 6.10 Å². The minimum atomic E-state index is 0.344. The first-order valence-corrected chi connectivity index (χ1v) is 7.39. The molecule has 0 amide bonds. The number of benzene rings is 1. The Labute approximate surface area is 120 Å². The van der Waals surface area contributed by atoms with Gasteiger partial charge in [-0.2, -0.15) is 0 Å². The Morgan fingerprint density at radius 1 is 1.47 bits per heavy atom. The van der Waals surface area contributed by atoms with Crippen LogP contribution in [0.1, 0.15) is 25.3 Å². The number of hydrogen-bond acceptors (Lipinski definition) is 3. The van der Waals surface area contributed by atoms with Crippen molar-refractivity contribution in [2.75, 3.05) is 31.6 Å². The molecule has 2 rings (SSSR count). The zero-order valence-electron chi connectivity index (χ0n) is 11.8. The molecular formula is C15H23ClN2O. The molecule has 1 saturated heterocycles. The number of hydrogen-bond donors (Lipinski definition) is 1. The van der Waals surface area contributed by atoms with E-state index in [1.54, 1.807) is 7.11 Å². The third kappa shape index (κ3) is 3.85. The number of rotatable bonds is 5. The largest absolute Gasteiger partial charge is 0.380 e. The molecule has 3 nitrogen and oxygen atoms in total. The highest BCUT2D eigenvalue weighted by Crippen LogP contribution is 2.27. The maximum atomic E-state index is 6.12. The van der Waals surface area contributed by atoms with E-state index in [2.05, 4.69) is 29.3 Å².